The lowest BCUT2D eigenvalue weighted by molar-refractivity contribution is -0.149. The van der Waals surface area contributed by atoms with E-state index >= 15 is 0 Å². The molecule has 5 amide bonds. The fraction of sp³-hybridized carbons (Fsp3) is 0.538. The summed E-state index contributed by atoms with van der Waals surface area (Å²) in [5.74, 6) is -2.93. The van der Waals surface area contributed by atoms with E-state index < -0.39 is 71.5 Å². The maximum Gasteiger partial charge on any atom is 0.408 e. The number of alkyl carbamates (subject to hydrolysis) is 1. The van der Waals surface area contributed by atoms with E-state index in [1.807, 2.05) is 74.5 Å². The lowest BCUT2D eigenvalue weighted by Gasteiger charge is -2.30. The maximum absolute atomic E-state index is 13.7. The van der Waals surface area contributed by atoms with Crippen LogP contribution in [0.3, 0.4) is 0 Å². The summed E-state index contributed by atoms with van der Waals surface area (Å²) < 4.78 is 16.5. The molecule has 0 saturated carbocycles. The second kappa shape index (κ2) is 20.3. The summed E-state index contributed by atoms with van der Waals surface area (Å²) in [6.07, 6.45) is 0.523. The lowest BCUT2D eigenvalue weighted by atomic mass is 10.0. The molecule has 14 nitrogen and oxygen atoms in total. The van der Waals surface area contributed by atoms with Gasteiger partial charge in [0.15, 0.2) is 0 Å². The Labute approximate surface area is 312 Å². The quantitative estimate of drug-likeness (QED) is 0.177. The molecule has 1 saturated heterocycles. The van der Waals surface area contributed by atoms with Crippen molar-refractivity contribution in [2.24, 2.45) is 5.92 Å². The highest BCUT2D eigenvalue weighted by atomic mass is 16.6. The van der Waals surface area contributed by atoms with Crippen LogP contribution in [0.2, 0.25) is 0 Å². The first-order chi connectivity index (χ1) is 25.0. The van der Waals surface area contributed by atoms with Gasteiger partial charge in [0.2, 0.25) is 23.6 Å². The molecule has 14 heteroatoms. The molecule has 0 aliphatic carbocycles. The van der Waals surface area contributed by atoms with Crippen molar-refractivity contribution < 1.29 is 43.0 Å². The molecular weight excluding hydrogens is 682 g/mol. The van der Waals surface area contributed by atoms with Crippen LogP contribution in [-0.4, -0.2) is 89.6 Å². The molecule has 3 rings (SSSR count). The number of ether oxygens (including phenoxy) is 3. The van der Waals surface area contributed by atoms with E-state index in [0.29, 0.717) is 25.8 Å². The number of likely N-dealkylation sites (tertiary alicyclic amines) is 1. The Morgan fingerprint density at radius 1 is 0.755 bits per heavy atom. The number of hydrogen-bond acceptors (Lipinski definition) is 9. The fourth-order valence-corrected chi connectivity index (χ4v) is 5.60. The van der Waals surface area contributed by atoms with Gasteiger partial charge in [-0.25, -0.2) is 9.59 Å². The average Bonchev–Trinajstić information content (AvgIpc) is 3.59. The van der Waals surface area contributed by atoms with Crippen LogP contribution in [0.5, 0.6) is 0 Å². The van der Waals surface area contributed by atoms with Crippen LogP contribution in [-0.2, 0) is 51.4 Å². The maximum atomic E-state index is 13.7. The van der Waals surface area contributed by atoms with E-state index in [1.165, 1.54) is 18.7 Å². The summed E-state index contributed by atoms with van der Waals surface area (Å²) in [4.78, 5) is 80.7. The number of nitrogens with zero attached hydrogens (tertiary/aromatic N) is 1. The highest BCUT2D eigenvalue weighted by Gasteiger charge is 2.39. The van der Waals surface area contributed by atoms with Crippen LogP contribution in [0.1, 0.15) is 78.9 Å². The minimum Gasteiger partial charge on any atom is -0.459 e. The Hall–Kier alpha value is -4.98. The number of amides is 5. The molecule has 1 fully saturated rings. The van der Waals surface area contributed by atoms with Gasteiger partial charge in [-0.3, -0.25) is 19.2 Å². The highest BCUT2D eigenvalue weighted by molar-refractivity contribution is 5.96. The predicted molar refractivity (Wildman–Crippen MR) is 197 cm³/mol. The van der Waals surface area contributed by atoms with Crippen molar-refractivity contribution >= 4 is 35.7 Å². The molecule has 0 radical (unpaired) electrons. The largest absolute Gasteiger partial charge is 0.459 e. The van der Waals surface area contributed by atoms with Crippen molar-refractivity contribution in [2.75, 3.05) is 13.2 Å². The Balaban J connectivity index is 1.64. The molecule has 1 aliphatic rings. The molecule has 53 heavy (non-hydrogen) atoms. The van der Waals surface area contributed by atoms with E-state index in [-0.39, 0.29) is 25.7 Å². The number of carbonyl (C=O) groups is 6. The van der Waals surface area contributed by atoms with E-state index in [2.05, 4.69) is 21.3 Å². The molecule has 2 aromatic rings. The molecule has 0 spiro atoms. The standard InChI is InChI=1S/C39H55N5O9/c1-25(2)21-30(43-38(50)53-39(5,6)7)36(48)44-20-14-19-32(44)35(47)40-26(3)33(45)42-31(24-51-22-28-15-10-8-11-16-28)34(46)41-27(4)37(49)52-23-29-17-12-9-13-18-29/h8-13,15-18,25-27,30-32H,14,19-24H2,1-7H3,(H,40,47)(H,41,46)(H,42,45)(H,43,50)/t26-,27-,30-,31+,32+/m1/s1. The third-order valence-electron chi connectivity index (χ3n) is 8.25. The Kier molecular flexibility index (Phi) is 16.3. The molecule has 2 aromatic carbocycles. The zero-order valence-corrected chi connectivity index (χ0v) is 31.8. The highest BCUT2D eigenvalue weighted by Crippen LogP contribution is 2.21. The number of benzene rings is 2. The first kappa shape index (κ1) is 42.4. The van der Waals surface area contributed by atoms with Crippen LogP contribution < -0.4 is 21.3 Å². The van der Waals surface area contributed by atoms with Gasteiger partial charge in [-0.15, -0.1) is 0 Å². The van der Waals surface area contributed by atoms with Gasteiger partial charge in [0, 0.05) is 6.54 Å². The van der Waals surface area contributed by atoms with Gasteiger partial charge in [-0.2, -0.15) is 0 Å². The van der Waals surface area contributed by atoms with Gasteiger partial charge < -0.3 is 40.4 Å². The van der Waals surface area contributed by atoms with Crippen LogP contribution in [0.15, 0.2) is 60.7 Å². The summed E-state index contributed by atoms with van der Waals surface area (Å²) in [5, 5.41) is 10.6. The van der Waals surface area contributed by atoms with Gasteiger partial charge in [0.1, 0.15) is 42.4 Å². The average molecular weight is 738 g/mol. The molecule has 290 valence electrons. The predicted octanol–water partition coefficient (Wildman–Crippen LogP) is 3.37. The van der Waals surface area contributed by atoms with Gasteiger partial charge in [-0.1, -0.05) is 74.5 Å². The Morgan fingerprint density at radius 2 is 1.36 bits per heavy atom. The second-order valence-electron chi connectivity index (χ2n) is 14.6. The smallest absolute Gasteiger partial charge is 0.408 e. The third kappa shape index (κ3) is 14.5. The van der Waals surface area contributed by atoms with Crippen molar-refractivity contribution in [3.05, 3.63) is 71.8 Å². The minimum atomic E-state index is -1.23. The van der Waals surface area contributed by atoms with Crippen LogP contribution in [0.4, 0.5) is 4.79 Å². The van der Waals surface area contributed by atoms with Crippen LogP contribution in [0.25, 0.3) is 0 Å². The molecule has 1 aliphatic heterocycles. The van der Waals surface area contributed by atoms with Gasteiger partial charge in [-0.05, 0) is 70.9 Å². The normalized spacial score (nSPS) is 16.5. The van der Waals surface area contributed by atoms with E-state index in [1.54, 1.807) is 20.8 Å². The van der Waals surface area contributed by atoms with Crippen LogP contribution >= 0.6 is 0 Å². The molecule has 4 N–H and O–H groups in total. The topological polar surface area (TPSA) is 181 Å². The van der Waals surface area contributed by atoms with Gasteiger partial charge >= 0.3 is 12.1 Å². The molecule has 0 unspecified atom stereocenters. The van der Waals surface area contributed by atoms with E-state index in [0.717, 1.165) is 11.1 Å². The first-order valence-electron chi connectivity index (χ1n) is 18.1. The first-order valence-corrected chi connectivity index (χ1v) is 18.1. The lowest BCUT2D eigenvalue weighted by Crippen LogP contribution is -2.58. The van der Waals surface area contributed by atoms with Crippen LogP contribution in [0, 0.1) is 5.92 Å². The van der Waals surface area contributed by atoms with E-state index in [9.17, 15) is 28.8 Å². The summed E-state index contributed by atoms with van der Waals surface area (Å²) in [6, 6.07) is 13.2. The van der Waals surface area contributed by atoms with Gasteiger partial charge in [0.25, 0.3) is 0 Å². The monoisotopic (exact) mass is 737 g/mol. The Morgan fingerprint density at radius 3 is 1.94 bits per heavy atom. The zero-order chi connectivity index (χ0) is 39.1. The summed E-state index contributed by atoms with van der Waals surface area (Å²) in [7, 11) is 0. The summed E-state index contributed by atoms with van der Waals surface area (Å²) in [6.45, 7) is 12.2. The fourth-order valence-electron chi connectivity index (χ4n) is 5.60. The summed E-state index contributed by atoms with van der Waals surface area (Å²) in [5.41, 5.74) is 0.875. The van der Waals surface area contributed by atoms with Crippen molar-refractivity contribution in [3.8, 4) is 0 Å². The molecule has 1 heterocycles. The summed E-state index contributed by atoms with van der Waals surface area (Å²) >= 11 is 0. The zero-order valence-electron chi connectivity index (χ0n) is 31.8. The number of carbonyl (C=O) groups excluding carboxylic acids is 6. The minimum absolute atomic E-state index is 0.0279. The molecular formula is C39H55N5O9. The number of esters is 1. The molecule has 5 atom stereocenters. The van der Waals surface area contributed by atoms with Crippen molar-refractivity contribution in [1.82, 2.24) is 26.2 Å². The molecule has 0 aromatic heterocycles. The SMILES string of the molecule is CC(C)C[C@@H](NC(=O)OC(C)(C)C)C(=O)N1CCC[C@H]1C(=O)N[C@H](C)C(=O)N[C@@H](COCc1ccccc1)C(=O)N[C@H](C)C(=O)OCc1ccccc1. The number of nitrogens with one attached hydrogen (secondary N) is 4. The third-order valence-corrected chi connectivity index (χ3v) is 8.25. The van der Waals surface area contributed by atoms with Crippen molar-refractivity contribution in [3.63, 3.8) is 0 Å². The number of rotatable bonds is 17. The Bertz CT molecular complexity index is 1530. The molecule has 0 bridgehead atoms. The van der Waals surface area contributed by atoms with Crippen molar-refractivity contribution in [2.45, 2.75) is 117 Å². The van der Waals surface area contributed by atoms with Gasteiger partial charge in [0.05, 0.1) is 13.2 Å². The number of hydrogen-bond donors (Lipinski definition) is 4. The second-order valence-corrected chi connectivity index (χ2v) is 14.6. The van der Waals surface area contributed by atoms with E-state index in [4.69, 9.17) is 14.2 Å². The van der Waals surface area contributed by atoms with Crippen molar-refractivity contribution in [1.29, 1.82) is 0 Å².